The van der Waals surface area contributed by atoms with Crippen LogP contribution >= 0.6 is 0 Å². The van der Waals surface area contributed by atoms with Crippen molar-refractivity contribution in [2.45, 2.75) is 19.8 Å². The Bertz CT molecular complexity index is 2520. The Morgan fingerprint density at radius 3 is 1.84 bits per heavy atom. The molecule has 0 aliphatic heterocycles. The second-order valence-electron chi connectivity index (χ2n) is 13.3. The van der Waals surface area contributed by atoms with Gasteiger partial charge in [0.1, 0.15) is 0 Å². The molecule has 2 aliphatic carbocycles. The molecular formula is C48H35N3. The standard InChI is InChI=1S/C48H35N3/c1-3-32(23-22-31(2)33-14-6-4-7-15-33)46-49-47(36-26-24-35(25-27-36)34-16-8-5-9-17-34)51-48(50-46)43-30-39-28-37-18-10-12-20-40(37)44(39)45-41-21-13-11-19-38(41)29-42(43)45/h3-27,30H,1,28-29H2,2H3/b31-22+,32-23+. The second kappa shape index (κ2) is 12.8. The van der Waals surface area contributed by atoms with Crippen LogP contribution in [0.3, 0.4) is 0 Å². The van der Waals surface area contributed by atoms with Gasteiger partial charge in [-0.2, -0.15) is 0 Å². The molecule has 7 aromatic rings. The first kappa shape index (κ1) is 30.6. The maximum absolute atomic E-state index is 5.25. The summed E-state index contributed by atoms with van der Waals surface area (Å²) in [4.78, 5) is 15.6. The molecule has 0 amide bonds. The molecule has 1 heterocycles. The molecule has 3 nitrogen and oxygen atoms in total. The molecule has 51 heavy (non-hydrogen) atoms. The molecule has 9 rings (SSSR count). The Kier molecular flexibility index (Phi) is 7.67. The van der Waals surface area contributed by atoms with Crippen LogP contribution in [0.15, 0.2) is 164 Å². The van der Waals surface area contributed by atoms with E-state index in [4.69, 9.17) is 15.0 Å². The number of aromatic nitrogens is 3. The first-order valence-corrected chi connectivity index (χ1v) is 17.5. The fraction of sp³-hybridized carbons (Fsp3) is 0.0625. The van der Waals surface area contributed by atoms with Gasteiger partial charge in [-0.25, -0.2) is 15.0 Å². The molecule has 0 fully saturated rings. The predicted molar refractivity (Wildman–Crippen MR) is 211 cm³/mol. The van der Waals surface area contributed by atoms with Crippen LogP contribution in [0.25, 0.3) is 67.3 Å². The molecule has 0 spiro atoms. The van der Waals surface area contributed by atoms with Crippen LogP contribution in [0.1, 0.15) is 40.6 Å². The first-order valence-electron chi connectivity index (χ1n) is 17.5. The molecule has 0 saturated carbocycles. The Morgan fingerprint density at radius 1 is 0.529 bits per heavy atom. The van der Waals surface area contributed by atoms with E-state index in [0.29, 0.717) is 17.5 Å². The molecule has 242 valence electrons. The smallest absolute Gasteiger partial charge is 0.164 e. The lowest BCUT2D eigenvalue weighted by Crippen LogP contribution is -2.04. The molecule has 0 saturated heterocycles. The van der Waals surface area contributed by atoms with Crippen LogP contribution in [-0.2, 0) is 12.8 Å². The zero-order chi connectivity index (χ0) is 34.3. The highest BCUT2D eigenvalue weighted by Gasteiger charge is 2.32. The summed E-state index contributed by atoms with van der Waals surface area (Å²) in [7, 11) is 0. The van der Waals surface area contributed by atoms with Gasteiger partial charge in [0, 0.05) is 16.7 Å². The van der Waals surface area contributed by atoms with Crippen LogP contribution in [0.4, 0.5) is 0 Å². The van der Waals surface area contributed by atoms with Gasteiger partial charge in [-0.05, 0) is 92.6 Å². The van der Waals surface area contributed by atoms with E-state index in [0.717, 1.165) is 40.7 Å². The SMILES string of the molecule is C=C/C(=C\C=C(/C)c1ccccc1)c1nc(-c2ccc(-c3ccccc3)cc2)nc(-c2cc3c(c4c2Cc2ccccc2-4)-c2ccccc2C3)n1. The van der Waals surface area contributed by atoms with E-state index in [1.54, 1.807) is 0 Å². The molecular weight excluding hydrogens is 619 g/mol. The van der Waals surface area contributed by atoms with Crippen molar-refractivity contribution in [1.29, 1.82) is 0 Å². The van der Waals surface area contributed by atoms with Crippen LogP contribution in [0, 0.1) is 0 Å². The van der Waals surface area contributed by atoms with Crippen molar-refractivity contribution >= 4 is 11.1 Å². The van der Waals surface area contributed by atoms with Crippen LogP contribution in [0.5, 0.6) is 0 Å². The number of hydrogen-bond acceptors (Lipinski definition) is 3. The molecule has 2 aliphatic rings. The maximum atomic E-state index is 5.25. The van der Waals surface area contributed by atoms with Crippen molar-refractivity contribution in [3.8, 4) is 56.2 Å². The van der Waals surface area contributed by atoms with E-state index in [9.17, 15) is 0 Å². The Hall–Kier alpha value is -6.45. The van der Waals surface area contributed by atoms with Crippen molar-refractivity contribution in [1.82, 2.24) is 15.0 Å². The number of hydrogen-bond donors (Lipinski definition) is 0. The Balaban J connectivity index is 1.23. The van der Waals surface area contributed by atoms with E-state index in [1.165, 1.54) is 55.6 Å². The highest BCUT2D eigenvalue weighted by molar-refractivity contribution is 5.98. The molecule has 0 atom stereocenters. The van der Waals surface area contributed by atoms with Gasteiger partial charge in [0.2, 0.25) is 0 Å². The monoisotopic (exact) mass is 653 g/mol. The minimum atomic E-state index is 0.599. The number of rotatable bonds is 7. The molecule has 0 N–H and O–H groups in total. The van der Waals surface area contributed by atoms with E-state index in [2.05, 4.69) is 153 Å². The third-order valence-corrected chi connectivity index (χ3v) is 10.2. The maximum Gasteiger partial charge on any atom is 0.164 e. The van der Waals surface area contributed by atoms with Crippen molar-refractivity contribution in [3.05, 3.63) is 198 Å². The normalized spacial score (nSPS) is 13.0. The third kappa shape index (κ3) is 5.53. The lowest BCUT2D eigenvalue weighted by Gasteiger charge is -2.16. The van der Waals surface area contributed by atoms with Crippen molar-refractivity contribution in [2.75, 3.05) is 0 Å². The fourth-order valence-corrected chi connectivity index (χ4v) is 7.58. The van der Waals surface area contributed by atoms with Crippen LogP contribution in [-0.4, -0.2) is 15.0 Å². The van der Waals surface area contributed by atoms with Crippen molar-refractivity contribution < 1.29 is 0 Å². The number of fused-ring (bicyclic) bond motifs is 7. The topological polar surface area (TPSA) is 38.7 Å². The van der Waals surface area contributed by atoms with Gasteiger partial charge in [-0.15, -0.1) is 0 Å². The summed E-state index contributed by atoms with van der Waals surface area (Å²) in [5, 5.41) is 0. The van der Waals surface area contributed by atoms with E-state index < -0.39 is 0 Å². The highest BCUT2D eigenvalue weighted by Crippen LogP contribution is 2.52. The highest BCUT2D eigenvalue weighted by atomic mass is 15.0. The summed E-state index contributed by atoms with van der Waals surface area (Å²) < 4.78 is 0. The number of benzene rings is 6. The first-order chi connectivity index (χ1) is 25.1. The summed E-state index contributed by atoms with van der Waals surface area (Å²) in [5.41, 5.74) is 18.1. The quantitative estimate of drug-likeness (QED) is 0.161. The summed E-state index contributed by atoms with van der Waals surface area (Å²) in [6.45, 7) is 6.31. The van der Waals surface area contributed by atoms with E-state index in [-0.39, 0.29) is 0 Å². The summed E-state index contributed by atoms with van der Waals surface area (Å²) in [6.07, 6.45) is 7.75. The largest absolute Gasteiger partial charge is 0.208 e. The van der Waals surface area contributed by atoms with Gasteiger partial charge in [0.15, 0.2) is 17.5 Å². The third-order valence-electron chi connectivity index (χ3n) is 10.2. The van der Waals surface area contributed by atoms with Crippen molar-refractivity contribution in [2.24, 2.45) is 0 Å². The molecule has 1 aromatic heterocycles. The molecule has 0 bridgehead atoms. The molecule has 3 heteroatoms. The zero-order valence-corrected chi connectivity index (χ0v) is 28.5. The van der Waals surface area contributed by atoms with Gasteiger partial charge in [-0.3, -0.25) is 0 Å². The lowest BCUT2D eigenvalue weighted by atomic mass is 9.90. The number of nitrogens with zero attached hydrogens (tertiary/aromatic N) is 3. The zero-order valence-electron chi connectivity index (χ0n) is 28.5. The average Bonchev–Trinajstić information content (AvgIpc) is 3.77. The molecule has 0 unspecified atom stereocenters. The Morgan fingerprint density at radius 2 is 1.12 bits per heavy atom. The number of allylic oxidation sites excluding steroid dienone is 5. The van der Waals surface area contributed by atoms with Crippen LogP contribution < -0.4 is 0 Å². The predicted octanol–water partition coefficient (Wildman–Crippen LogP) is 11.7. The average molecular weight is 654 g/mol. The van der Waals surface area contributed by atoms with Crippen molar-refractivity contribution in [3.63, 3.8) is 0 Å². The summed E-state index contributed by atoms with van der Waals surface area (Å²) in [6, 6.07) is 49.3. The molecule has 0 radical (unpaired) electrons. The van der Waals surface area contributed by atoms with E-state index >= 15 is 0 Å². The van der Waals surface area contributed by atoms with Gasteiger partial charge in [0.25, 0.3) is 0 Å². The van der Waals surface area contributed by atoms with Gasteiger partial charge < -0.3 is 0 Å². The fourth-order valence-electron chi connectivity index (χ4n) is 7.58. The van der Waals surface area contributed by atoms with Gasteiger partial charge in [0.05, 0.1) is 0 Å². The summed E-state index contributed by atoms with van der Waals surface area (Å²) in [5.74, 6) is 1.92. The van der Waals surface area contributed by atoms with Gasteiger partial charge >= 0.3 is 0 Å². The van der Waals surface area contributed by atoms with Gasteiger partial charge in [-0.1, -0.05) is 158 Å². The summed E-state index contributed by atoms with van der Waals surface area (Å²) >= 11 is 0. The molecule has 6 aromatic carbocycles. The second-order valence-corrected chi connectivity index (χ2v) is 13.3. The minimum Gasteiger partial charge on any atom is -0.208 e. The Labute approximate surface area is 299 Å². The van der Waals surface area contributed by atoms with Crippen LogP contribution in [0.2, 0.25) is 0 Å². The lowest BCUT2D eigenvalue weighted by molar-refractivity contribution is 1.03. The minimum absolute atomic E-state index is 0.599. The van der Waals surface area contributed by atoms with E-state index in [1.807, 2.05) is 18.2 Å².